The topological polar surface area (TPSA) is 81.0 Å². The summed E-state index contributed by atoms with van der Waals surface area (Å²) in [4.78, 5) is 10.4. The van der Waals surface area contributed by atoms with Gasteiger partial charge in [-0.05, 0) is 13.8 Å². The van der Waals surface area contributed by atoms with Crippen LogP contribution in [0.15, 0.2) is 18.3 Å². The number of hydrogen-bond donors (Lipinski definition) is 1. The molecule has 0 aliphatic rings. The zero-order valence-electron chi connectivity index (χ0n) is 8.93. The Balaban J connectivity index is 2.57. The molecule has 0 atom stereocenters. The Morgan fingerprint density at radius 1 is 1.50 bits per heavy atom. The fraction of sp³-hybridized carbons (Fsp3) is 0.300. The van der Waals surface area contributed by atoms with E-state index in [1.807, 2.05) is 13.8 Å². The molecule has 0 aliphatic carbocycles. The number of benzene rings is 1. The molecule has 0 radical (unpaired) electrons. The van der Waals surface area contributed by atoms with Crippen LogP contribution in [0.5, 0.6) is 5.75 Å². The van der Waals surface area contributed by atoms with Crippen LogP contribution in [0, 0.1) is 10.1 Å². The maximum atomic E-state index is 10.9. The minimum Gasteiger partial charge on any atom is -0.484 e. The smallest absolute Gasteiger partial charge is 0.311 e. The second-order valence-corrected chi connectivity index (χ2v) is 3.70. The Morgan fingerprint density at radius 3 is 2.88 bits per heavy atom. The Labute approximate surface area is 91.4 Å². The molecule has 2 aromatic rings. The van der Waals surface area contributed by atoms with Crippen LogP contribution in [0.1, 0.15) is 13.8 Å². The zero-order chi connectivity index (χ0) is 11.7. The largest absolute Gasteiger partial charge is 0.484 e. The first-order valence-corrected chi connectivity index (χ1v) is 4.86. The number of nitrogens with zero attached hydrogens (tertiary/aromatic N) is 2. The molecule has 6 heteroatoms. The highest BCUT2D eigenvalue weighted by Gasteiger charge is 2.18. The van der Waals surface area contributed by atoms with Gasteiger partial charge in [0.25, 0.3) is 0 Å². The second kappa shape index (κ2) is 3.80. The molecule has 0 fully saturated rings. The van der Waals surface area contributed by atoms with E-state index >= 15 is 0 Å². The van der Waals surface area contributed by atoms with Gasteiger partial charge in [0.2, 0.25) is 0 Å². The number of ether oxygens (including phenoxy) is 1. The van der Waals surface area contributed by atoms with Crippen LogP contribution >= 0.6 is 0 Å². The molecule has 1 aromatic heterocycles. The van der Waals surface area contributed by atoms with E-state index in [2.05, 4.69) is 10.2 Å². The first kappa shape index (κ1) is 10.4. The van der Waals surface area contributed by atoms with E-state index in [4.69, 9.17) is 4.74 Å². The molecular weight excluding hydrogens is 210 g/mol. The van der Waals surface area contributed by atoms with Gasteiger partial charge in [-0.3, -0.25) is 15.2 Å². The number of nitro groups is 1. The summed E-state index contributed by atoms with van der Waals surface area (Å²) < 4.78 is 5.39. The second-order valence-electron chi connectivity index (χ2n) is 3.70. The molecule has 0 spiro atoms. The lowest BCUT2D eigenvalue weighted by Gasteiger charge is -2.09. The molecule has 2 rings (SSSR count). The number of fused-ring (bicyclic) bond motifs is 1. The van der Waals surface area contributed by atoms with Crippen molar-refractivity contribution in [3.63, 3.8) is 0 Å². The van der Waals surface area contributed by atoms with Crippen molar-refractivity contribution in [1.82, 2.24) is 10.2 Å². The molecule has 1 heterocycles. The van der Waals surface area contributed by atoms with Crippen LogP contribution in [0.2, 0.25) is 0 Å². The molecule has 0 saturated carbocycles. The van der Waals surface area contributed by atoms with Crippen molar-refractivity contribution in [3.05, 3.63) is 28.4 Å². The lowest BCUT2D eigenvalue weighted by Crippen LogP contribution is -2.07. The van der Waals surface area contributed by atoms with E-state index in [-0.39, 0.29) is 17.5 Å². The maximum Gasteiger partial charge on any atom is 0.311 e. The van der Waals surface area contributed by atoms with Gasteiger partial charge in [-0.25, -0.2) is 0 Å². The van der Waals surface area contributed by atoms with Gasteiger partial charge in [-0.1, -0.05) is 0 Å². The predicted octanol–water partition coefficient (Wildman–Crippen LogP) is 2.26. The van der Waals surface area contributed by atoms with E-state index in [0.29, 0.717) is 5.39 Å². The quantitative estimate of drug-likeness (QED) is 0.636. The van der Waals surface area contributed by atoms with Crippen LogP contribution in [-0.2, 0) is 0 Å². The summed E-state index contributed by atoms with van der Waals surface area (Å²) >= 11 is 0. The van der Waals surface area contributed by atoms with Crippen LogP contribution in [-0.4, -0.2) is 21.2 Å². The Kier molecular flexibility index (Phi) is 2.47. The molecule has 1 aromatic carbocycles. The summed E-state index contributed by atoms with van der Waals surface area (Å²) in [7, 11) is 0. The average Bonchev–Trinajstić information content (AvgIpc) is 2.62. The van der Waals surface area contributed by atoms with Gasteiger partial charge in [0.05, 0.1) is 22.7 Å². The first-order valence-electron chi connectivity index (χ1n) is 4.86. The summed E-state index contributed by atoms with van der Waals surface area (Å²) in [5, 5.41) is 18.1. The lowest BCUT2D eigenvalue weighted by atomic mass is 10.2. The highest BCUT2D eigenvalue weighted by atomic mass is 16.6. The molecular formula is C10H11N3O3. The van der Waals surface area contributed by atoms with Gasteiger partial charge >= 0.3 is 5.69 Å². The third-order valence-corrected chi connectivity index (χ3v) is 2.08. The first-order chi connectivity index (χ1) is 7.58. The molecule has 0 saturated heterocycles. The number of nitro benzene ring substituents is 1. The zero-order valence-corrected chi connectivity index (χ0v) is 8.93. The average molecular weight is 221 g/mol. The van der Waals surface area contributed by atoms with Gasteiger partial charge in [0.1, 0.15) is 0 Å². The number of rotatable bonds is 3. The summed E-state index contributed by atoms with van der Waals surface area (Å²) in [6.07, 6.45) is 1.43. The summed E-state index contributed by atoms with van der Waals surface area (Å²) in [6.45, 7) is 3.64. The summed E-state index contributed by atoms with van der Waals surface area (Å²) in [6, 6.07) is 3.05. The minimum absolute atomic E-state index is 0.0393. The summed E-state index contributed by atoms with van der Waals surface area (Å²) in [5.41, 5.74) is 0.684. The molecule has 1 N–H and O–H groups in total. The van der Waals surface area contributed by atoms with E-state index in [1.165, 1.54) is 6.07 Å². The van der Waals surface area contributed by atoms with Crippen LogP contribution in [0.4, 0.5) is 5.69 Å². The maximum absolute atomic E-state index is 10.9. The normalized spacial score (nSPS) is 10.9. The number of aromatic amines is 1. The van der Waals surface area contributed by atoms with Crippen LogP contribution < -0.4 is 4.74 Å². The fourth-order valence-electron chi connectivity index (χ4n) is 1.45. The van der Waals surface area contributed by atoms with Crippen molar-refractivity contribution in [2.75, 3.05) is 0 Å². The van der Waals surface area contributed by atoms with E-state index in [0.717, 1.165) is 5.52 Å². The third-order valence-electron chi connectivity index (χ3n) is 2.08. The highest BCUT2D eigenvalue weighted by Crippen LogP contribution is 2.31. The number of hydrogen-bond acceptors (Lipinski definition) is 4. The van der Waals surface area contributed by atoms with Crippen molar-refractivity contribution in [2.45, 2.75) is 20.0 Å². The molecule has 84 valence electrons. The SMILES string of the molecule is CC(C)Oc1cc2[nH]ncc2cc1[N+](=O)[O-]. The predicted molar refractivity (Wildman–Crippen MR) is 58.5 cm³/mol. The molecule has 0 bridgehead atoms. The Hall–Kier alpha value is -2.11. The Morgan fingerprint density at radius 2 is 2.25 bits per heavy atom. The van der Waals surface area contributed by atoms with Gasteiger partial charge in [0, 0.05) is 17.5 Å². The standard InChI is InChI=1S/C10H11N3O3/c1-6(2)16-10-4-8-7(5-11-12-8)3-9(10)13(14)15/h3-6H,1-2H3,(H,11,12). The van der Waals surface area contributed by atoms with Crippen molar-refractivity contribution < 1.29 is 9.66 Å². The molecule has 16 heavy (non-hydrogen) atoms. The molecule has 0 aliphatic heterocycles. The lowest BCUT2D eigenvalue weighted by molar-refractivity contribution is -0.385. The van der Waals surface area contributed by atoms with Gasteiger partial charge in [0.15, 0.2) is 5.75 Å². The van der Waals surface area contributed by atoms with Crippen molar-refractivity contribution in [1.29, 1.82) is 0 Å². The number of aromatic nitrogens is 2. The van der Waals surface area contributed by atoms with Crippen molar-refractivity contribution in [2.24, 2.45) is 0 Å². The van der Waals surface area contributed by atoms with Crippen molar-refractivity contribution >= 4 is 16.6 Å². The monoisotopic (exact) mass is 221 g/mol. The fourth-order valence-corrected chi connectivity index (χ4v) is 1.45. The minimum atomic E-state index is -0.454. The molecule has 0 unspecified atom stereocenters. The van der Waals surface area contributed by atoms with Crippen molar-refractivity contribution in [3.8, 4) is 5.75 Å². The van der Waals surface area contributed by atoms with Gasteiger partial charge in [-0.15, -0.1) is 0 Å². The third kappa shape index (κ3) is 1.81. The molecule has 6 nitrogen and oxygen atoms in total. The van der Waals surface area contributed by atoms with Gasteiger partial charge < -0.3 is 4.74 Å². The van der Waals surface area contributed by atoms with E-state index in [1.54, 1.807) is 12.3 Å². The van der Waals surface area contributed by atoms with Crippen LogP contribution in [0.3, 0.4) is 0 Å². The summed E-state index contributed by atoms with van der Waals surface area (Å²) in [5.74, 6) is 0.261. The van der Waals surface area contributed by atoms with E-state index in [9.17, 15) is 10.1 Å². The Bertz CT molecular complexity index is 533. The van der Waals surface area contributed by atoms with E-state index < -0.39 is 4.92 Å². The number of H-pyrrole nitrogens is 1. The van der Waals surface area contributed by atoms with Crippen LogP contribution in [0.25, 0.3) is 10.9 Å². The molecule has 0 amide bonds. The highest BCUT2D eigenvalue weighted by molar-refractivity contribution is 5.83. The number of nitrogens with one attached hydrogen (secondary N) is 1. The van der Waals surface area contributed by atoms with Gasteiger partial charge in [-0.2, -0.15) is 5.10 Å².